The van der Waals surface area contributed by atoms with E-state index in [0.717, 1.165) is 6.26 Å². The third-order valence-corrected chi connectivity index (χ3v) is 5.86. The Balaban J connectivity index is 1.82. The summed E-state index contributed by atoms with van der Waals surface area (Å²) >= 11 is 6.32. The predicted molar refractivity (Wildman–Crippen MR) is 103 cm³/mol. The van der Waals surface area contributed by atoms with E-state index in [1.807, 2.05) is 0 Å². The highest BCUT2D eigenvalue weighted by molar-refractivity contribution is 7.90. The van der Waals surface area contributed by atoms with E-state index in [9.17, 15) is 18.0 Å². The van der Waals surface area contributed by atoms with Crippen molar-refractivity contribution in [3.8, 4) is 5.75 Å². The Kier molecular flexibility index (Phi) is 6.94. The minimum Gasteiger partial charge on any atom is -0.490 e. The number of ether oxygens (including phenoxy) is 4. The first kappa shape index (κ1) is 21.8. The van der Waals surface area contributed by atoms with Crippen molar-refractivity contribution in [2.45, 2.75) is 36.9 Å². The van der Waals surface area contributed by atoms with Crippen molar-refractivity contribution < 1.29 is 37.0 Å². The lowest BCUT2D eigenvalue weighted by Crippen LogP contribution is -2.15. The summed E-state index contributed by atoms with van der Waals surface area (Å²) in [5.74, 6) is -0.774. The van der Waals surface area contributed by atoms with Crippen LogP contribution in [0.5, 0.6) is 5.75 Å². The van der Waals surface area contributed by atoms with E-state index in [4.69, 9.17) is 30.5 Å². The number of hydrogen-bond donors (Lipinski definition) is 0. The van der Waals surface area contributed by atoms with Crippen molar-refractivity contribution in [3.63, 3.8) is 0 Å². The van der Waals surface area contributed by atoms with Crippen molar-refractivity contribution in [3.05, 3.63) is 34.6 Å². The lowest BCUT2D eigenvalue weighted by atomic mass is 10.1. The topological polar surface area (TPSA) is 105 Å². The molecule has 1 fully saturated rings. The van der Waals surface area contributed by atoms with E-state index in [0.29, 0.717) is 38.9 Å². The maximum Gasteiger partial charge on any atom is 0.344 e. The quantitative estimate of drug-likeness (QED) is 0.591. The average molecular weight is 445 g/mol. The molecule has 0 N–H and O–H groups in total. The van der Waals surface area contributed by atoms with Gasteiger partial charge in [-0.25, -0.2) is 13.2 Å². The second-order valence-electron chi connectivity index (χ2n) is 6.65. The highest BCUT2D eigenvalue weighted by atomic mass is 35.5. The lowest BCUT2D eigenvalue weighted by Gasteiger charge is -2.17. The maximum atomic E-state index is 12.5. The van der Waals surface area contributed by atoms with Crippen molar-refractivity contribution in [1.82, 2.24) is 0 Å². The minimum absolute atomic E-state index is 0.0543. The maximum absolute atomic E-state index is 12.5. The molecule has 1 aliphatic heterocycles. The lowest BCUT2D eigenvalue weighted by molar-refractivity contribution is -0.115. The van der Waals surface area contributed by atoms with Gasteiger partial charge in [-0.3, -0.25) is 4.79 Å². The SMILES string of the molecule is CS(=O)(=O)c1ccc(C(=O)OC2=CC(=O)CCC2)c(Cl)c1OCCC1OCCO1. The Morgan fingerprint density at radius 2 is 1.97 bits per heavy atom. The molecule has 0 atom stereocenters. The number of allylic oxidation sites excluding steroid dienone is 2. The fourth-order valence-electron chi connectivity index (χ4n) is 2.97. The summed E-state index contributed by atoms with van der Waals surface area (Å²) in [6.07, 6.45) is 3.71. The standard InChI is InChI=1S/C19H21ClO8S/c1-29(23,24)15-6-5-14(19(22)28-13-4-2-3-12(21)11-13)17(20)18(15)27-8-7-16-25-9-10-26-16/h5-6,11,16H,2-4,7-10H2,1H3. The van der Waals surface area contributed by atoms with Gasteiger partial charge in [-0.2, -0.15) is 0 Å². The molecule has 1 aromatic rings. The molecule has 1 saturated heterocycles. The number of esters is 1. The molecule has 10 heteroatoms. The summed E-state index contributed by atoms with van der Waals surface area (Å²) in [6, 6.07) is 2.51. The largest absolute Gasteiger partial charge is 0.490 e. The molecule has 0 saturated carbocycles. The van der Waals surface area contributed by atoms with Crippen LogP contribution in [0, 0.1) is 0 Å². The van der Waals surface area contributed by atoms with E-state index < -0.39 is 22.1 Å². The van der Waals surface area contributed by atoms with Gasteiger partial charge in [0, 0.05) is 31.6 Å². The van der Waals surface area contributed by atoms with Crippen LogP contribution in [0.2, 0.25) is 5.02 Å². The molecule has 29 heavy (non-hydrogen) atoms. The molecular weight excluding hydrogens is 424 g/mol. The molecule has 3 rings (SSSR count). The van der Waals surface area contributed by atoms with Gasteiger partial charge in [0.15, 0.2) is 27.7 Å². The van der Waals surface area contributed by atoms with Crippen molar-refractivity contribution in [1.29, 1.82) is 0 Å². The zero-order valence-corrected chi connectivity index (χ0v) is 17.4. The summed E-state index contributed by atoms with van der Waals surface area (Å²) in [5, 5.41) is -0.172. The average Bonchev–Trinajstić information content (AvgIpc) is 3.15. The molecule has 2 aliphatic rings. The normalized spacial score (nSPS) is 17.9. The van der Waals surface area contributed by atoms with E-state index in [2.05, 4.69) is 0 Å². The van der Waals surface area contributed by atoms with Gasteiger partial charge in [0.05, 0.1) is 30.4 Å². The first-order valence-corrected chi connectivity index (χ1v) is 11.4. The molecule has 0 radical (unpaired) electrons. The van der Waals surface area contributed by atoms with Crippen molar-refractivity contribution in [2.75, 3.05) is 26.1 Å². The number of benzene rings is 1. The van der Waals surface area contributed by atoms with Crippen molar-refractivity contribution in [2.24, 2.45) is 0 Å². The third kappa shape index (κ3) is 5.57. The monoisotopic (exact) mass is 444 g/mol. The summed E-state index contributed by atoms with van der Waals surface area (Å²) in [5.41, 5.74) is -0.0543. The van der Waals surface area contributed by atoms with Gasteiger partial charge in [0.2, 0.25) is 0 Å². The molecule has 1 heterocycles. The van der Waals surface area contributed by atoms with Gasteiger partial charge in [0.1, 0.15) is 10.7 Å². The van der Waals surface area contributed by atoms with Gasteiger partial charge >= 0.3 is 5.97 Å². The summed E-state index contributed by atoms with van der Waals surface area (Å²) in [4.78, 5) is 23.9. The molecule has 0 amide bonds. The Morgan fingerprint density at radius 1 is 1.24 bits per heavy atom. The number of rotatable bonds is 7. The summed E-state index contributed by atoms with van der Waals surface area (Å²) < 4.78 is 45.7. The van der Waals surface area contributed by atoms with Gasteiger partial charge in [0.25, 0.3) is 0 Å². The molecule has 158 valence electrons. The molecule has 1 aromatic carbocycles. The number of halogens is 1. The third-order valence-electron chi connectivity index (χ3n) is 4.36. The van der Waals surface area contributed by atoms with Crippen LogP contribution < -0.4 is 4.74 Å². The van der Waals surface area contributed by atoms with Crippen LogP contribution in [0.3, 0.4) is 0 Å². The van der Waals surface area contributed by atoms with Gasteiger partial charge in [-0.1, -0.05) is 11.6 Å². The Hall–Kier alpha value is -1.94. The fraction of sp³-hybridized carbons (Fsp3) is 0.474. The Bertz CT molecular complexity index is 932. The van der Waals surface area contributed by atoms with Crippen LogP contribution in [0.15, 0.2) is 28.9 Å². The number of carbonyl (C=O) groups is 2. The van der Waals surface area contributed by atoms with Crippen molar-refractivity contribution >= 4 is 33.2 Å². The zero-order chi connectivity index (χ0) is 21.0. The van der Waals surface area contributed by atoms with Gasteiger partial charge in [-0.15, -0.1) is 0 Å². The van der Waals surface area contributed by atoms with Crippen LogP contribution in [0.25, 0.3) is 0 Å². The first-order valence-electron chi connectivity index (χ1n) is 9.10. The fourth-order valence-corrected chi connectivity index (χ4v) is 4.13. The number of hydrogen-bond acceptors (Lipinski definition) is 8. The van der Waals surface area contributed by atoms with E-state index in [-0.39, 0.29) is 39.4 Å². The van der Waals surface area contributed by atoms with Crippen LogP contribution >= 0.6 is 11.6 Å². The van der Waals surface area contributed by atoms with E-state index in [1.165, 1.54) is 18.2 Å². The number of ketones is 1. The molecule has 0 bridgehead atoms. The second-order valence-corrected chi connectivity index (χ2v) is 9.02. The zero-order valence-electron chi connectivity index (χ0n) is 15.8. The minimum atomic E-state index is -3.66. The molecular formula is C19H21ClO8S. The molecule has 1 aliphatic carbocycles. The predicted octanol–water partition coefficient (Wildman–Crippen LogP) is 2.68. The molecule has 0 unspecified atom stereocenters. The summed E-state index contributed by atoms with van der Waals surface area (Å²) in [7, 11) is -3.66. The Morgan fingerprint density at radius 3 is 2.62 bits per heavy atom. The highest BCUT2D eigenvalue weighted by Crippen LogP contribution is 2.36. The van der Waals surface area contributed by atoms with Gasteiger partial charge in [-0.05, 0) is 18.6 Å². The number of sulfone groups is 1. The smallest absolute Gasteiger partial charge is 0.344 e. The molecule has 0 aromatic heterocycles. The number of carbonyl (C=O) groups excluding carboxylic acids is 2. The second kappa shape index (κ2) is 9.25. The Labute approximate surface area is 173 Å². The van der Waals surface area contributed by atoms with Crippen LogP contribution in [-0.4, -0.2) is 52.5 Å². The van der Waals surface area contributed by atoms with Crippen LogP contribution in [-0.2, 0) is 28.8 Å². The van der Waals surface area contributed by atoms with E-state index in [1.54, 1.807) is 0 Å². The van der Waals surface area contributed by atoms with Gasteiger partial charge < -0.3 is 18.9 Å². The summed E-state index contributed by atoms with van der Waals surface area (Å²) in [6.45, 7) is 1.05. The molecule has 8 nitrogen and oxygen atoms in total. The highest BCUT2D eigenvalue weighted by Gasteiger charge is 2.26. The van der Waals surface area contributed by atoms with E-state index >= 15 is 0 Å². The van der Waals surface area contributed by atoms with Crippen LogP contribution in [0.1, 0.15) is 36.0 Å². The first-order chi connectivity index (χ1) is 13.8. The molecule has 0 spiro atoms. The van der Waals surface area contributed by atoms with Crippen LogP contribution in [0.4, 0.5) is 0 Å².